The molecule has 39 heavy (non-hydrogen) atoms. The number of nitrogens with one attached hydrogen (secondary N) is 1. The van der Waals surface area contributed by atoms with Gasteiger partial charge in [-0.3, -0.25) is 4.98 Å². The molecule has 11 heteroatoms. The Morgan fingerprint density at radius 1 is 0.974 bits per heavy atom. The molecule has 1 aliphatic rings. The summed E-state index contributed by atoms with van der Waals surface area (Å²) in [5, 5.41) is 22.7. The fourth-order valence-corrected chi connectivity index (χ4v) is 4.91. The van der Waals surface area contributed by atoms with E-state index in [4.69, 9.17) is 26.1 Å². The van der Waals surface area contributed by atoms with Crippen LogP contribution in [0.1, 0.15) is 44.3 Å². The molecule has 5 rings (SSSR count). The van der Waals surface area contributed by atoms with E-state index in [2.05, 4.69) is 10.3 Å². The molecule has 1 saturated heterocycles. The number of thiocarbonyl (C=S) groups is 1. The highest BCUT2D eigenvalue weighted by Gasteiger charge is 2.43. The summed E-state index contributed by atoms with van der Waals surface area (Å²) in [6.07, 6.45) is 1.69. The first-order valence-corrected chi connectivity index (χ1v) is 12.2. The number of carbonyl (C=O) groups is 2. The zero-order valence-electron chi connectivity index (χ0n) is 20.8. The predicted octanol–water partition coefficient (Wildman–Crippen LogP) is 4.93. The van der Waals surface area contributed by atoms with E-state index in [0.717, 1.165) is 11.8 Å². The van der Waals surface area contributed by atoms with E-state index in [-0.39, 0.29) is 11.1 Å². The predicted molar refractivity (Wildman–Crippen MR) is 146 cm³/mol. The zero-order chi connectivity index (χ0) is 27.7. The third kappa shape index (κ3) is 4.87. The minimum Gasteiger partial charge on any atom is -0.497 e. The van der Waals surface area contributed by atoms with Gasteiger partial charge in [0, 0.05) is 17.8 Å². The maximum Gasteiger partial charge on any atom is 0.335 e. The molecule has 10 nitrogen and oxygen atoms in total. The molecule has 4 aromatic rings. The number of carboxylic acid groups (broad SMARTS) is 2. The van der Waals surface area contributed by atoms with Crippen molar-refractivity contribution in [1.82, 2.24) is 10.3 Å². The van der Waals surface area contributed by atoms with Gasteiger partial charge in [0.1, 0.15) is 29.1 Å². The molecule has 0 amide bonds. The molecule has 3 heterocycles. The third-order valence-corrected chi connectivity index (χ3v) is 6.69. The van der Waals surface area contributed by atoms with Crippen molar-refractivity contribution in [2.45, 2.75) is 12.1 Å². The van der Waals surface area contributed by atoms with Crippen molar-refractivity contribution >= 4 is 35.0 Å². The first-order valence-electron chi connectivity index (χ1n) is 11.7. The number of methoxy groups -OCH3 is 2. The lowest BCUT2D eigenvalue weighted by Gasteiger charge is -2.27. The maximum atomic E-state index is 11.6. The van der Waals surface area contributed by atoms with Gasteiger partial charge in [0.25, 0.3) is 0 Å². The molecule has 0 aliphatic carbocycles. The van der Waals surface area contributed by atoms with Gasteiger partial charge in [-0.25, -0.2) is 9.59 Å². The molecule has 2 aromatic heterocycles. The van der Waals surface area contributed by atoms with Gasteiger partial charge in [-0.05, 0) is 66.8 Å². The summed E-state index contributed by atoms with van der Waals surface area (Å²) in [7, 11) is 3.12. The fraction of sp³-hybridized carbons (Fsp3) is 0.143. The molecule has 198 valence electrons. The van der Waals surface area contributed by atoms with E-state index in [1.807, 2.05) is 29.2 Å². The number of ether oxygens (including phenoxy) is 2. The van der Waals surface area contributed by atoms with Crippen LogP contribution in [-0.4, -0.2) is 46.5 Å². The summed E-state index contributed by atoms with van der Waals surface area (Å²) in [4.78, 5) is 29.7. The van der Waals surface area contributed by atoms with Gasteiger partial charge in [0.2, 0.25) is 0 Å². The van der Waals surface area contributed by atoms with Crippen molar-refractivity contribution in [2.75, 3.05) is 19.1 Å². The third-order valence-electron chi connectivity index (χ3n) is 6.37. The van der Waals surface area contributed by atoms with E-state index in [9.17, 15) is 19.8 Å². The van der Waals surface area contributed by atoms with Crippen LogP contribution in [0.4, 0.5) is 5.69 Å². The van der Waals surface area contributed by atoms with Gasteiger partial charge in [-0.1, -0.05) is 6.07 Å². The Labute approximate surface area is 228 Å². The van der Waals surface area contributed by atoms with Crippen LogP contribution in [0.15, 0.2) is 77.3 Å². The minimum atomic E-state index is -1.25. The van der Waals surface area contributed by atoms with Crippen LogP contribution in [0, 0.1) is 0 Å². The number of furan rings is 1. The van der Waals surface area contributed by atoms with Crippen LogP contribution in [0.25, 0.3) is 11.3 Å². The van der Waals surface area contributed by atoms with Crippen LogP contribution in [0.3, 0.4) is 0 Å². The second-order valence-electron chi connectivity index (χ2n) is 8.65. The first kappa shape index (κ1) is 25.7. The molecule has 1 fully saturated rings. The van der Waals surface area contributed by atoms with Crippen LogP contribution < -0.4 is 19.7 Å². The molecule has 0 saturated carbocycles. The number of anilines is 1. The summed E-state index contributed by atoms with van der Waals surface area (Å²) >= 11 is 5.77. The summed E-state index contributed by atoms with van der Waals surface area (Å²) in [6, 6.07) is 17.3. The molecule has 3 N–H and O–H groups in total. The maximum absolute atomic E-state index is 11.6. The summed E-state index contributed by atoms with van der Waals surface area (Å²) in [6.45, 7) is 0. The van der Waals surface area contributed by atoms with Gasteiger partial charge in [0.05, 0.1) is 42.8 Å². The lowest BCUT2D eigenvalue weighted by Crippen LogP contribution is -2.29. The van der Waals surface area contributed by atoms with Crippen molar-refractivity contribution in [3.8, 4) is 22.8 Å². The number of carboxylic acids is 2. The van der Waals surface area contributed by atoms with Crippen molar-refractivity contribution < 1.29 is 33.7 Å². The molecule has 2 aromatic carbocycles. The number of hydrogen-bond donors (Lipinski definition) is 3. The number of hydrogen-bond acceptors (Lipinski definition) is 7. The molecule has 0 spiro atoms. The van der Waals surface area contributed by atoms with Gasteiger partial charge in [0.15, 0.2) is 5.11 Å². The monoisotopic (exact) mass is 545 g/mol. The summed E-state index contributed by atoms with van der Waals surface area (Å²) in [5.74, 6) is -0.566. The smallest absolute Gasteiger partial charge is 0.335 e. The second-order valence-corrected chi connectivity index (χ2v) is 9.03. The van der Waals surface area contributed by atoms with Crippen molar-refractivity contribution in [2.24, 2.45) is 0 Å². The van der Waals surface area contributed by atoms with Gasteiger partial charge < -0.3 is 34.3 Å². The minimum absolute atomic E-state index is 0.164. The average Bonchev–Trinajstić information content (AvgIpc) is 3.57. The first-order chi connectivity index (χ1) is 18.8. The number of rotatable bonds is 8. The number of nitrogens with zero attached hydrogens (tertiary/aromatic N) is 2. The Balaban J connectivity index is 1.64. The average molecular weight is 546 g/mol. The van der Waals surface area contributed by atoms with Gasteiger partial charge >= 0.3 is 11.9 Å². The van der Waals surface area contributed by atoms with Crippen LogP contribution in [-0.2, 0) is 0 Å². The highest BCUT2D eigenvalue weighted by atomic mass is 32.1. The molecule has 0 bridgehead atoms. The molecule has 2 atom stereocenters. The van der Waals surface area contributed by atoms with Gasteiger partial charge in [-0.2, -0.15) is 0 Å². The Hall–Kier alpha value is -4.90. The number of benzene rings is 2. The van der Waals surface area contributed by atoms with Crippen molar-refractivity contribution in [3.63, 3.8) is 0 Å². The number of pyridine rings is 1. The Bertz CT molecular complexity index is 1540. The lowest BCUT2D eigenvalue weighted by molar-refractivity contribution is 0.0696. The molecule has 1 aliphatic heterocycles. The van der Waals surface area contributed by atoms with Crippen LogP contribution in [0.5, 0.6) is 11.5 Å². The zero-order valence-corrected chi connectivity index (χ0v) is 21.6. The molecule has 0 unspecified atom stereocenters. The highest BCUT2D eigenvalue weighted by molar-refractivity contribution is 7.80. The van der Waals surface area contributed by atoms with Gasteiger partial charge in [-0.15, -0.1) is 0 Å². The van der Waals surface area contributed by atoms with Crippen LogP contribution in [0.2, 0.25) is 0 Å². The van der Waals surface area contributed by atoms with E-state index in [0.29, 0.717) is 39.4 Å². The van der Waals surface area contributed by atoms with Crippen molar-refractivity contribution in [3.05, 3.63) is 95.5 Å². The van der Waals surface area contributed by atoms with Crippen LogP contribution >= 0.6 is 12.2 Å². The number of aromatic carboxylic acids is 2. The standard InChI is InChI=1S/C28H23N3O7S/c1-36-18-6-7-20(23(14-18)37-2)31-25(24(30-28(31)39)19-5-3-4-10-29-19)22-9-8-21(38-22)15-11-16(26(32)33)13-17(12-15)27(34)35/h3-14,24-25H,1-2H3,(H,30,39)(H,32,33)(H,34,35)/t24-,25-/m1/s1. The topological polar surface area (TPSA) is 134 Å². The second kappa shape index (κ2) is 10.5. The van der Waals surface area contributed by atoms with E-state index in [1.165, 1.54) is 12.1 Å². The van der Waals surface area contributed by atoms with E-state index < -0.39 is 24.0 Å². The molecular weight excluding hydrogens is 522 g/mol. The van der Waals surface area contributed by atoms with E-state index in [1.54, 1.807) is 44.7 Å². The Kier molecular flexibility index (Phi) is 6.90. The van der Waals surface area contributed by atoms with E-state index >= 15 is 0 Å². The van der Waals surface area contributed by atoms with Crippen molar-refractivity contribution in [1.29, 1.82) is 0 Å². The Morgan fingerprint density at radius 2 is 1.72 bits per heavy atom. The normalized spacial score (nSPS) is 16.6. The summed E-state index contributed by atoms with van der Waals surface area (Å²) < 4.78 is 17.3. The Morgan fingerprint density at radius 3 is 2.33 bits per heavy atom. The fourth-order valence-electron chi connectivity index (χ4n) is 4.57. The summed E-state index contributed by atoms with van der Waals surface area (Å²) in [5.41, 5.74) is 1.37. The largest absolute Gasteiger partial charge is 0.497 e. The molecular formula is C28H23N3O7S. The quantitative estimate of drug-likeness (QED) is 0.260. The SMILES string of the molecule is COc1ccc(N2C(=S)N[C@H](c3ccccn3)[C@H]2c2ccc(-c3cc(C(=O)O)cc(C(=O)O)c3)o2)c(OC)c1. The number of aromatic nitrogens is 1. The molecule has 0 radical (unpaired) electrons. The lowest BCUT2D eigenvalue weighted by atomic mass is 10.0. The highest BCUT2D eigenvalue weighted by Crippen LogP contribution is 2.46.